The van der Waals surface area contributed by atoms with Crippen LogP contribution in [0.15, 0.2) is 4.42 Å². The second-order valence-corrected chi connectivity index (χ2v) is 6.16. The maximum atomic E-state index is 12.1. The highest BCUT2D eigenvalue weighted by Crippen LogP contribution is 2.39. The van der Waals surface area contributed by atoms with Gasteiger partial charge in [-0.15, -0.1) is 5.10 Å². The average molecular weight is 293 g/mol. The van der Waals surface area contributed by atoms with Crippen molar-refractivity contribution in [2.75, 3.05) is 25.0 Å². The van der Waals surface area contributed by atoms with Gasteiger partial charge in [0, 0.05) is 18.5 Å². The molecule has 0 aromatic carbocycles. The number of hydrogen-bond acceptors (Lipinski definition) is 6. The first-order chi connectivity index (χ1) is 10.2. The van der Waals surface area contributed by atoms with Crippen LogP contribution >= 0.6 is 0 Å². The molecule has 1 aliphatic carbocycles. The summed E-state index contributed by atoms with van der Waals surface area (Å²) in [5.41, 5.74) is 5.84. The van der Waals surface area contributed by atoms with Gasteiger partial charge < -0.3 is 10.2 Å². The van der Waals surface area contributed by atoms with Crippen molar-refractivity contribution in [1.29, 1.82) is 0 Å². The molecule has 1 saturated heterocycles. The van der Waals surface area contributed by atoms with Gasteiger partial charge in [0.2, 0.25) is 11.8 Å². The molecule has 2 fully saturated rings. The Kier molecular flexibility index (Phi) is 4.21. The quantitative estimate of drug-likeness (QED) is 0.838. The minimum absolute atomic E-state index is 0.117. The predicted molar refractivity (Wildman–Crippen MR) is 77.7 cm³/mol. The molecule has 2 unspecified atom stereocenters. The zero-order chi connectivity index (χ0) is 14.8. The molecule has 3 rings (SSSR count). The number of rotatable bonds is 5. The van der Waals surface area contributed by atoms with Crippen LogP contribution in [0.3, 0.4) is 0 Å². The van der Waals surface area contributed by atoms with Crippen molar-refractivity contribution in [3.05, 3.63) is 5.89 Å². The van der Waals surface area contributed by atoms with Crippen molar-refractivity contribution in [2.24, 2.45) is 11.7 Å². The number of likely N-dealkylation sites (tertiary alicyclic amines) is 1. The third-order valence-electron chi connectivity index (χ3n) is 4.43. The first-order valence-electron chi connectivity index (χ1n) is 7.74. The number of piperidine rings is 1. The van der Waals surface area contributed by atoms with E-state index >= 15 is 0 Å². The van der Waals surface area contributed by atoms with Crippen LogP contribution in [0.1, 0.15) is 44.4 Å². The highest BCUT2D eigenvalue weighted by atomic mass is 16.4. The smallest absolute Gasteiger partial charge is 0.322 e. The molecular formula is C14H23N5O2. The summed E-state index contributed by atoms with van der Waals surface area (Å²) in [6.45, 7) is 4.02. The first kappa shape index (κ1) is 14.5. The Labute approximate surface area is 124 Å². The van der Waals surface area contributed by atoms with Gasteiger partial charge in [-0.25, -0.2) is 0 Å². The van der Waals surface area contributed by atoms with Gasteiger partial charge in [-0.1, -0.05) is 12.0 Å². The number of nitrogens with one attached hydrogen (secondary N) is 1. The molecule has 116 valence electrons. The molecule has 1 amide bonds. The summed E-state index contributed by atoms with van der Waals surface area (Å²) in [4.78, 5) is 14.3. The third kappa shape index (κ3) is 3.41. The molecule has 0 bridgehead atoms. The van der Waals surface area contributed by atoms with Crippen molar-refractivity contribution in [1.82, 2.24) is 15.1 Å². The average Bonchev–Trinajstić information content (AvgIpc) is 3.20. The lowest BCUT2D eigenvalue weighted by Gasteiger charge is -2.38. The summed E-state index contributed by atoms with van der Waals surface area (Å²) in [6, 6.07) is 0.477. The number of nitrogens with zero attached hydrogens (tertiary/aromatic N) is 3. The lowest BCUT2D eigenvalue weighted by molar-refractivity contribution is -0.118. The largest absolute Gasteiger partial charge is 0.408 e. The van der Waals surface area contributed by atoms with Crippen molar-refractivity contribution in [3.63, 3.8) is 0 Å². The second kappa shape index (κ2) is 6.11. The number of aromatic nitrogens is 2. The van der Waals surface area contributed by atoms with Crippen LogP contribution < -0.4 is 11.1 Å². The molecule has 21 heavy (non-hydrogen) atoms. The Bertz CT molecular complexity index is 499. The molecule has 1 aromatic heterocycles. The van der Waals surface area contributed by atoms with E-state index < -0.39 is 0 Å². The van der Waals surface area contributed by atoms with Crippen LogP contribution in [0.2, 0.25) is 0 Å². The first-order valence-corrected chi connectivity index (χ1v) is 7.74. The van der Waals surface area contributed by atoms with Crippen LogP contribution in [0, 0.1) is 5.92 Å². The molecule has 0 spiro atoms. The second-order valence-electron chi connectivity index (χ2n) is 6.16. The fourth-order valence-corrected chi connectivity index (χ4v) is 3.04. The van der Waals surface area contributed by atoms with Crippen LogP contribution in [-0.4, -0.2) is 46.7 Å². The zero-order valence-corrected chi connectivity index (χ0v) is 12.4. The molecule has 1 aliphatic heterocycles. The SMILES string of the molecule is CC1CCCN(CC(=O)Nc2nnc(C3CC3)o2)C1CN. The van der Waals surface area contributed by atoms with Crippen molar-refractivity contribution in [3.8, 4) is 0 Å². The summed E-state index contributed by atoms with van der Waals surface area (Å²) < 4.78 is 5.44. The van der Waals surface area contributed by atoms with Gasteiger partial charge in [-0.2, -0.15) is 0 Å². The third-order valence-corrected chi connectivity index (χ3v) is 4.43. The van der Waals surface area contributed by atoms with E-state index in [1.165, 1.54) is 6.42 Å². The van der Waals surface area contributed by atoms with Crippen molar-refractivity contribution < 1.29 is 9.21 Å². The number of anilines is 1. The van der Waals surface area contributed by atoms with Gasteiger partial charge in [0.15, 0.2) is 0 Å². The van der Waals surface area contributed by atoms with E-state index in [1.54, 1.807) is 0 Å². The normalized spacial score (nSPS) is 26.8. The minimum atomic E-state index is -0.117. The molecule has 3 N–H and O–H groups in total. The minimum Gasteiger partial charge on any atom is -0.408 e. The van der Waals surface area contributed by atoms with Gasteiger partial charge in [0.25, 0.3) is 0 Å². The van der Waals surface area contributed by atoms with Crippen molar-refractivity contribution >= 4 is 11.9 Å². The van der Waals surface area contributed by atoms with E-state index in [0.717, 1.165) is 25.8 Å². The zero-order valence-electron chi connectivity index (χ0n) is 12.4. The Hall–Kier alpha value is -1.47. The van der Waals surface area contributed by atoms with E-state index in [4.69, 9.17) is 10.2 Å². The molecule has 0 radical (unpaired) electrons. The highest BCUT2D eigenvalue weighted by molar-refractivity contribution is 5.90. The topological polar surface area (TPSA) is 97.3 Å². The van der Waals surface area contributed by atoms with E-state index in [0.29, 0.717) is 30.8 Å². The maximum absolute atomic E-state index is 12.1. The van der Waals surface area contributed by atoms with E-state index in [9.17, 15) is 4.79 Å². The monoisotopic (exact) mass is 293 g/mol. The van der Waals surface area contributed by atoms with Crippen LogP contribution in [0.4, 0.5) is 6.01 Å². The lowest BCUT2D eigenvalue weighted by Crippen LogP contribution is -2.51. The van der Waals surface area contributed by atoms with Gasteiger partial charge in [-0.05, 0) is 38.1 Å². The van der Waals surface area contributed by atoms with E-state index in [2.05, 4.69) is 27.3 Å². The van der Waals surface area contributed by atoms with E-state index in [-0.39, 0.29) is 18.0 Å². The number of amides is 1. The van der Waals surface area contributed by atoms with Crippen LogP contribution in [-0.2, 0) is 4.79 Å². The van der Waals surface area contributed by atoms with Crippen LogP contribution in [0.5, 0.6) is 0 Å². The summed E-state index contributed by atoms with van der Waals surface area (Å²) in [7, 11) is 0. The Morgan fingerprint density at radius 2 is 2.24 bits per heavy atom. The molecule has 7 nitrogen and oxygen atoms in total. The summed E-state index contributed by atoms with van der Waals surface area (Å²) >= 11 is 0. The number of hydrogen-bond donors (Lipinski definition) is 2. The van der Waals surface area contributed by atoms with E-state index in [1.807, 2.05) is 0 Å². The molecular weight excluding hydrogens is 270 g/mol. The fourth-order valence-electron chi connectivity index (χ4n) is 3.04. The Morgan fingerprint density at radius 3 is 2.95 bits per heavy atom. The number of carbonyl (C=O) groups excluding carboxylic acids is 1. The molecule has 7 heteroatoms. The summed E-state index contributed by atoms with van der Waals surface area (Å²) in [5.74, 6) is 1.44. The van der Waals surface area contributed by atoms with Gasteiger partial charge in [0.1, 0.15) is 0 Å². The summed E-state index contributed by atoms with van der Waals surface area (Å²) in [5, 5.41) is 10.5. The van der Waals surface area contributed by atoms with Gasteiger partial charge in [0.05, 0.1) is 6.54 Å². The Balaban J connectivity index is 1.54. The fraction of sp³-hybridized carbons (Fsp3) is 0.786. The standard InChI is InChI=1S/C14H23N5O2/c1-9-3-2-6-19(11(9)7-15)8-12(20)16-14-18-17-13(21-14)10-4-5-10/h9-11H,2-8,15H2,1H3,(H,16,18,20). The molecule has 1 saturated carbocycles. The number of carbonyl (C=O) groups is 1. The molecule has 2 atom stereocenters. The molecule has 2 heterocycles. The van der Waals surface area contributed by atoms with Gasteiger partial charge in [-0.3, -0.25) is 15.0 Å². The van der Waals surface area contributed by atoms with Crippen molar-refractivity contribution in [2.45, 2.75) is 44.6 Å². The van der Waals surface area contributed by atoms with Crippen LogP contribution in [0.25, 0.3) is 0 Å². The lowest BCUT2D eigenvalue weighted by atomic mass is 9.91. The Morgan fingerprint density at radius 1 is 1.43 bits per heavy atom. The molecule has 1 aromatic rings. The predicted octanol–water partition coefficient (Wildman–Crippen LogP) is 0.945. The maximum Gasteiger partial charge on any atom is 0.322 e. The summed E-state index contributed by atoms with van der Waals surface area (Å²) in [6.07, 6.45) is 4.48. The highest BCUT2D eigenvalue weighted by Gasteiger charge is 2.31. The van der Waals surface area contributed by atoms with Gasteiger partial charge >= 0.3 is 6.01 Å². The number of nitrogens with two attached hydrogens (primary N) is 1. The molecule has 2 aliphatic rings.